The lowest BCUT2D eigenvalue weighted by Crippen LogP contribution is -2.48. The summed E-state index contributed by atoms with van der Waals surface area (Å²) < 4.78 is 0. The van der Waals surface area contributed by atoms with Crippen molar-refractivity contribution in [2.24, 2.45) is 5.92 Å². The Balaban J connectivity index is 1.26. The zero-order valence-electron chi connectivity index (χ0n) is 19.0. The van der Waals surface area contributed by atoms with E-state index in [4.69, 9.17) is 0 Å². The molecule has 3 aromatic rings. The highest BCUT2D eigenvalue weighted by Gasteiger charge is 2.26. The summed E-state index contributed by atoms with van der Waals surface area (Å²) >= 11 is 0. The molecule has 8 heteroatoms. The smallest absolute Gasteiger partial charge is 0.142 e. The Hall–Kier alpha value is -3.28. The predicted molar refractivity (Wildman–Crippen MR) is 130 cm³/mol. The Bertz CT molecular complexity index is 1130. The number of benzene rings is 1. The molecule has 8 nitrogen and oxygen atoms in total. The molecular formula is C25H30N8. The van der Waals surface area contributed by atoms with Crippen LogP contribution in [-0.2, 0) is 6.54 Å². The summed E-state index contributed by atoms with van der Waals surface area (Å²) in [4.78, 5) is 18.4. The van der Waals surface area contributed by atoms with E-state index in [9.17, 15) is 5.26 Å². The number of piperazine rings is 1. The summed E-state index contributed by atoms with van der Waals surface area (Å²) in [7, 11) is 0. The molecule has 170 valence electrons. The van der Waals surface area contributed by atoms with Gasteiger partial charge in [-0.1, -0.05) is 6.92 Å². The number of nitrogens with one attached hydrogen (secondary N) is 2. The Kier molecular flexibility index (Phi) is 6.33. The Labute approximate surface area is 194 Å². The first-order valence-corrected chi connectivity index (χ1v) is 11.7. The highest BCUT2D eigenvalue weighted by Crippen LogP contribution is 2.31. The fourth-order valence-electron chi connectivity index (χ4n) is 4.98. The third-order valence-corrected chi connectivity index (χ3v) is 6.59. The summed E-state index contributed by atoms with van der Waals surface area (Å²) in [5.41, 5.74) is 3.64. The lowest BCUT2D eigenvalue weighted by molar-refractivity contribution is 0.348. The molecule has 2 N–H and O–H groups in total. The van der Waals surface area contributed by atoms with Crippen LogP contribution in [0, 0.1) is 17.2 Å². The molecule has 0 saturated carbocycles. The van der Waals surface area contributed by atoms with E-state index in [2.05, 4.69) is 60.5 Å². The number of pyridine rings is 1. The molecule has 0 aliphatic carbocycles. The lowest BCUT2D eigenvalue weighted by atomic mass is 9.94. The topological polar surface area (TPSA) is 93.0 Å². The van der Waals surface area contributed by atoms with Gasteiger partial charge in [-0.2, -0.15) is 5.26 Å². The number of hydrogen-bond acceptors (Lipinski definition) is 8. The molecule has 0 radical (unpaired) electrons. The quantitative estimate of drug-likeness (QED) is 0.622. The van der Waals surface area contributed by atoms with Crippen LogP contribution in [0.3, 0.4) is 0 Å². The molecule has 2 atom stereocenters. The molecule has 1 unspecified atom stereocenters. The number of aromatic nitrogens is 3. The van der Waals surface area contributed by atoms with Crippen molar-refractivity contribution < 1.29 is 0 Å². The second-order valence-corrected chi connectivity index (χ2v) is 9.06. The van der Waals surface area contributed by atoms with Crippen molar-refractivity contribution in [2.75, 3.05) is 49.1 Å². The fourth-order valence-corrected chi connectivity index (χ4v) is 4.98. The Morgan fingerprint density at radius 1 is 1.09 bits per heavy atom. The predicted octanol–water partition coefficient (Wildman–Crippen LogP) is 2.31. The number of rotatable bonds is 5. The number of piperidine rings is 1. The van der Waals surface area contributed by atoms with Crippen molar-refractivity contribution in [3.63, 3.8) is 0 Å². The second-order valence-electron chi connectivity index (χ2n) is 9.06. The average molecular weight is 443 g/mol. The monoisotopic (exact) mass is 442 g/mol. The van der Waals surface area contributed by atoms with Gasteiger partial charge in [0.15, 0.2) is 0 Å². The van der Waals surface area contributed by atoms with Crippen LogP contribution in [0.1, 0.15) is 24.7 Å². The molecule has 0 bridgehead atoms. The van der Waals surface area contributed by atoms with E-state index in [1.165, 1.54) is 0 Å². The first-order chi connectivity index (χ1) is 16.2. The van der Waals surface area contributed by atoms with Gasteiger partial charge in [-0.05, 0) is 36.6 Å². The largest absolute Gasteiger partial charge is 0.369 e. The Morgan fingerprint density at radius 2 is 1.91 bits per heavy atom. The highest BCUT2D eigenvalue weighted by atomic mass is 15.2. The fraction of sp³-hybridized carbons (Fsp3) is 0.440. The van der Waals surface area contributed by atoms with Crippen LogP contribution < -0.4 is 20.4 Å². The van der Waals surface area contributed by atoms with E-state index in [-0.39, 0.29) is 0 Å². The summed E-state index contributed by atoms with van der Waals surface area (Å²) in [6.45, 7) is 8.84. The van der Waals surface area contributed by atoms with Crippen molar-refractivity contribution in [1.82, 2.24) is 25.6 Å². The van der Waals surface area contributed by atoms with Gasteiger partial charge in [-0.3, -0.25) is 4.98 Å². The number of nitrogens with zero attached hydrogens (tertiary/aromatic N) is 6. The van der Waals surface area contributed by atoms with Crippen molar-refractivity contribution in [2.45, 2.75) is 25.9 Å². The van der Waals surface area contributed by atoms with Gasteiger partial charge in [-0.25, -0.2) is 9.97 Å². The Morgan fingerprint density at radius 3 is 2.70 bits per heavy atom. The highest BCUT2D eigenvalue weighted by molar-refractivity contribution is 5.95. The van der Waals surface area contributed by atoms with E-state index in [1.807, 2.05) is 24.5 Å². The van der Waals surface area contributed by atoms with Gasteiger partial charge in [0, 0.05) is 62.6 Å². The number of nitriles is 1. The van der Waals surface area contributed by atoms with Crippen LogP contribution in [0.5, 0.6) is 0 Å². The van der Waals surface area contributed by atoms with Gasteiger partial charge >= 0.3 is 0 Å². The van der Waals surface area contributed by atoms with Crippen LogP contribution >= 0.6 is 0 Å². The molecule has 1 aromatic carbocycles. The summed E-state index contributed by atoms with van der Waals surface area (Å²) in [5, 5.41) is 17.5. The van der Waals surface area contributed by atoms with E-state index in [0.717, 1.165) is 73.8 Å². The van der Waals surface area contributed by atoms with Crippen LogP contribution in [-0.4, -0.2) is 60.3 Å². The van der Waals surface area contributed by atoms with E-state index >= 15 is 0 Å². The maximum atomic E-state index is 9.46. The molecule has 2 saturated heterocycles. The molecule has 2 aromatic heterocycles. The number of anilines is 2. The van der Waals surface area contributed by atoms with Crippen molar-refractivity contribution in [3.8, 4) is 6.07 Å². The molecule has 4 heterocycles. The zero-order valence-corrected chi connectivity index (χ0v) is 19.0. The zero-order chi connectivity index (χ0) is 22.6. The first-order valence-electron chi connectivity index (χ1n) is 11.7. The van der Waals surface area contributed by atoms with Crippen molar-refractivity contribution in [3.05, 3.63) is 54.2 Å². The standard InChI is InChI=1S/C25H30N8/c1-18-11-20(29-15-24-30-13-21(14-31-24)32-9-7-27-8-10-32)17-33(16-18)23-5-4-19(12-26)25-22(23)3-2-6-28-25/h2-6,13-14,18,20,27,29H,7-11,15-17H2,1H3/t18-,20?/m0/s1. The van der Waals surface area contributed by atoms with Crippen molar-refractivity contribution >= 4 is 22.3 Å². The van der Waals surface area contributed by atoms with Crippen LogP contribution in [0.15, 0.2) is 42.9 Å². The molecule has 5 rings (SSSR count). The summed E-state index contributed by atoms with van der Waals surface area (Å²) in [6, 6.07) is 10.6. The third kappa shape index (κ3) is 4.75. The molecule has 2 aliphatic rings. The molecule has 2 aliphatic heterocycles. The van der Waals surface area contributed by atoms with Gasteiger partial charge in [0.25, 0.3) is 0 Å². The van der Waals surface area contributed by atoms with Gasteiger partial charge in [-0.15, -0.1) is 0 Å². The average Bonchev–Trinajstić information content (AvgIpc) is 2.87. The summed E-state index contributed by atoms with van der Waals surface area (Å²) in [5.74, 6) is 1.38. The first kappa shape index (κ1) is 21.6. The maximum absolute atomic E-state index is 9.46. The van der Waals surface area contributed by atoms with Gasteiger partial charge in [0.2, 0.25) is 0 Å². The van der Waals surface area contributed by atoms with Crippen LogP contribution in [0.2, 0.25) is 0 Å². The minimum absolute atomic E-state index is 0.340. The maximum Gasteiger partial charge on any atom is 0.142 e. The normalized spacial score (nSPS) is 21.2. The SMILES string of the molecule is C[C@H]1CC(NCc2ncc(N3CCNCC3)cn2)CN(c2ccc(C#N)c3ncccc23)C1. The molecule has 33 heavy (non-hydrogen) atoms. The van der Waals surface area contributed by atoms with Gasteiger partial charge in [0.1, 0.15) is 11.9 Å². The molecule has 0 amide bonds. The summed E-state index contributed by atoms with van der Waals surface area (Å²) in [6.07, 6.45) is 6.76. The minimum atomic E-state index is 0.340. The van der Waals surface area contributed by atoms with E-state index in [1.54, 1.807) is 6.20 Å². The number of hydrogen-bond donors (Lipinski definition) is 2. The van der Waals surface area contributed by atoms with E-state index < -0.39 is 0 Å². The van der Waals surface area contributed by atoms with Gasteiger partial charge in [0.05, 0.1) is 35.7 Å². The minimum Gasteiger partial charge on any atom is -0.369 e. The van der Waals surface area contributed by atoms with Gasteiger partial charge < -0.3 is 20.4 Å². The lowest BCUT2D eigenvalue weighted by Gasteiger charge is -2.39. The van der Waals surface area contributed by atoms with Crippen LogP contribution in [0.25, 0.3) is 10.9 Å². The third-order valence-electron chi connectivity index (χ3n) is 6.59. The molecule has 2 fully saturated rings. The second kappa shape index (κ2) is 9.69. The molecular weight excluding hydrogens is 412 g/mol. The van der Waals surface area contributed by atoms with Crippen molar-refractivity contribution in [1.29, 1.82) is 5.26 Å². The van der Waals surface area contributed by atoms with E-state index in [0.29, 0.717) is 24.1 Å². The number of fused-ring (bicyclic) bond motifs is 1. The molecule has 0 spiro atoms. The van der Waals surface area contributed by atoms with Crippen LogP contribution in [0.4, 0.5) is 11.4 Å².